The fraction of sp³-hybridized carbons (Fsp3) is 0.667. The van der Waals surface area contributed by atoms with Crippen LogP contribution in [0.25, 0.3) is 5.73 Å². The third kappa shape index (κ3) is 23.4. The number of allylic oxidation sites excluding steroid dienone is 4. The normalized spacial score (nSPS) is 11.6. The molecule has 0 amide bonds. The molecular weight excluding hydrogens is 438 g/mol. The van der Waals surface area contributed by atoms with Crippen LogP contribution in [-0.2, 0) is 26.4 Å². The Bertz CT molecular complexity index is 428. The van der Waals surface area contributed by atoms with Gasteiger partial charge in [-0.1, -0.05) is 13.8 Å². The van der Waals surface area contributed by atoms with Crippen molar-refractivity contribution in [3.8, 4) is 0 Å². The Balaban J connectivity index is -0.000000146. The van der Waals surface area contributed by atoms with Gasteiger partial charge in [0, 0.05) is 24.8 Å². The molecule has 0 aromatic heterocycles. The van der Waals surface area contributed by atoms with Crippen LogP contribution in [0.4, 0.5) is 0 Å². The van der Waals surface area contributed by atoms with Gasteiger partial charge in [-0.05, 0) is 45.4 Å². The van der Waals surface area contributed by atoms with E-state index < -0.39 is 0 Å². The Kier molecular flexibility index (Phi) is 27.3. The van der Waals surface area contributed by atoms with Gasteiger partial charge in [0.15, 0.2) is 11.6 Å². The van der Waals surface area contributed by atoms with Gasteiger partial charge in [-0.25, -0.2) is 0 Å². The molecule has 0 aliphatic carbocycles. The van der Waals surface area contributed by atoms with Crippen molar-refractivity contribution in [2.45, 2.75) is 41.5 Å². The second-order valence-electron chi connectivity index (χ2n) is 5.44. The van der Waals surface area contributed by atoms with Crippen molar-refractivity contribution in [2.75, 3.05) is 37.9 Å². The molecule has 0 heterocycles. The third-order valence-electron chi connectivity index (χ3n) is 3.34. The zero-order valence-corrected chi connectivity index (χ0v) is 19.5. The third-order valence-corrected chi connectivity index (χ3v) is 3.68. The van der Waals surface area contributed by atoms with Crippen molar-refractivity contribution in [3.63, 3.8) is 0 Å². The number of carbonyl (C=O) groups excluding carboxylic acids is 2. The Hall–Kier alpha value is -0.574. The number of carbonyl (C=O) groups is 2. The number of alkyl halides is 2. The summed E-state index contributed by atoms with van der Waals surface area (Å²) in [7, 11) is 0. The SMILES string of the molecule is CC(=O)/C(C)=C(/C)[O-].CC(=O)/C(C)=C(/C)[O-].[Co+3].[NH-]CCN(CCCl)CCCl. The second-order valence-corrected chi connectivity index (χ2v) is 6.20. The van der Waals surface area contributed by atoms with Crippen LogP contribution >= 0.6 is 23.2 Å². The predicted molar refractivity (Wildman–Crippen MR) is 105 cm³/mol. The van der Waals surface area contributed by atoms with Gasteiger partial charge >= 0.3 is 16.8 Å². The molecule has 6 nitrogen and oxygen atoms in total. The summed E-state index contributed by atoms with van der Waals surface area (Å²) in [5, 5.41) is 20.7. The summed E-state index contributed by atoms with van der Waals surface area (Å²) in [5.74, 6) is 0.679. The summed E-state index contributed by atoms with van der Waals surface area (Å²) >= 11 is 11.0. The van der Waals surface area contributed by atoms with Crippen LogP contribution in [0.2, 0.25) is 0 Å². The Labute approximate surface area is 184 Å². The first-order valence-corrected chi connectivity index (χ1v) is 9.22. The summed E-state index contributed by atoms with van der Waals surface area (Å²) in [6.45, 7) is 11.5. The van der Waals surface area contributed by atoms with Gasteiger partial charge in [0.2, 0.25) is 0 Å². The quantitative estimate of drug-likeness (QED) is 0.308. The molecule has 0 saturated heterocycles. The summed E-state index contributed by atoms with van der Waals surface area (Å²) in [5.41, 5.74) is 7.61. The number of nitrogens with zero attached hydrogens (tertiary/aromatic N) is 1. The molecule has 0 aromatic carbocycles. The number of ketones is 2. The smallest absolute Gasteiger partial charge is 0.875 e. The molecule has 160 valence electrons. The first-order valence-electron chi connectivity index (χ1n) is 8.15. The molecule has 0 atom stereocenters. The van der Waals surface area contributed by atoms with Crippen LogP contribution < -0.4 is 10.2 Å². The molecule has 9 heteroatoms. The van der Waals surface area contributed by atoms with Crippen molar-refractivity contribution in [1.82, 2.24) is 4.90 Å². The summed E-state index contributed by atoms with van der Waals surface area (Å²) in [6.07, 6.45) is 0. The maximum Gasteiger partial charge on any atom is 3.00 e. The first kappa shape index (κ1) is 34.0. The van der Waals surface area contributed by atoms with Gasteiger partial charge in [-0.2, -0.15) is 0 Å². The van der Waals surface area contributed by atoms with Crippen LogP contribution in [0.15, 0.2) is 22.7 Å². The van der Waals surface area contributed by atoms with Gasteiger partial charge in [0.25, 0.3) is 0 Å². The van der Waals surface area contributed by atoms with E-state index in [-0.39, 0.29) is 39.9 Å². The minimum atomic E-state index is -0.141. The summed E-state index contributed by atoms with van der Waals surface area (Å²) < 4.78 is 0. The molecule has 0 rings (SSSR count). The van der Waals surface area contributed by atoms with Crippen molar-refractivity contribution >= 4 is 34.8 Å². The predicted octanol–water partition coefficient (Wildman–Crippen LogP) is 2.27. The number of hydrogen-bond acceptors (Lipinski definition) is 5. The fourth-order valence-corrected chi connectivity index (χ4v) is 1.71. The number of rotatable bonds is 8. The number of halogens is 2. The van der Waals surface area contributed by atoms with Crippen LogP contribution in [0.1, 0.15) is 41.5 Å². The fourth-order valence-electron chi connectivity index (χ4n) is 1.23. The molecule has 0 aliphatic rings. The van der Waals surface area contributed by atoms with E-state index in [1.807, 2.05) is 0 Å². The van der Waals surface area contributed by atoms with Gasteiger partial charge in [-0.15, -0.1) is 41.3 Å². The number of hydrogen-bond donors (Lipinski definition) is 0. The van der Waals surface area contributed by atoms with Crippen LogP contribution in [0.5, 0.6) is 0 Å². The molecule has 0 unspecified atom stereocenters. The van der Waals surface area contributed by atoms with E-state index in [9.17, 15) is 19.8 Å². The Morgan fingerprint density at radius 1 is 0.778 bits per heavy atom. The molecule has 27 heavy (non-hydrogen) atoms. The molecule has 0 spiro atoms. The first-order chi connectivity index (χ1) is 12.0. The Morgan fingerprint density at radius 2 is 1.07 bits per heavy atom. The van der Waals surface area contributed by atoms with E-state index in [2.05, 4.69) is 4.90 Å². The van der Waals surface area contributed by atoms with E-state index in [1.54, 1.807) is 0 Å². The largest absolute Gasteiger partial charge is 3.00 e. The standard InChI is InChI=1S/C6H13Cl2N2.2C6H10O2.Co/c7-1-4-10(5-2-8)6-3-9;2*1-4(5(2)7)6(3)8;/h9H,1-6H2;2*7H,1-3H3;/q-1;;;+3/p-2/b;2*5-4-;. The van der Waals surface area contributed by atoms with E-state index in [0.29, 0.717) is 29.5 Å². The molecule has 0 aromatic rings. The van der Waals surface area contributed by atoms with E-state index >= 15 is 0 Å². The van der Waals surface area contributed by atoms with Crippen LogP contribution in [-0.4, -0.2) is 54.4 Å². The van der Waals surface area contributed by atoms with E-state index in [4.69, 9.17) is 28.9 Å². The van der Waals surface area contributed by atoms with Crippen molar-refractivity contribution in [3.05, 3.63) is 28.4 Å². The van der Waals surface area contributed by atoms with Gasteiger partial charge in [0.1, 0.15) is 0 Å². The maximum absolute atomic E-state index is 10.3. The van der Waals surface area contributed by atoms with Gasteiger partial charge < -0.3 is 20.8 Å². The molecular formula is C18H31Cl2CoN2O4. The van der Waals surface area contributed by atoms with E-state index in [1.165, 1.54) is 41.5 Å². The average molecular weight is 469 g/mol. The Morgan fingerprint density at radius 3 is 1.19 bits per heavy atom. The summed E-state index contributed by atoms with van der Waals surface area (Å²) in [4.78, 5) is 22.7. The van der Waals surface area contributed by atoms with Gasteiger partial charge in [-0.3, -0.25) is 9.59 Å². The molecule has 1 N–H and O–H groups in total. The van der Waals surface area contributed by atoms with Crippen molar-refractivity contribution in [2.24, 2.45) is 0 Å². The van der Waals surface area contributed by atoms with Crippen molar-refractivity contribution < 1.29 is 36.6 Å². The van der Waals surface area contributed by atoms with Crippen LogP contribution in [0.3, 0.4) is 0 Å². The summed E-state index contributed by atoms with van der Waals surface area (Å²) in [6, 6.07) is 0. The van der Waals surface area contributed by atoms with Gasteiger partial charge in [0.05, 0.1) is 0 Å². The van der Waals surface area contributed by atoms with Crippen LogP contribution in [0, 0.1) is 0 Å². The molecule has 0 saturated carbocycles. The zero-order chi connectivity index (χ0) is 21.3. The number of nitrogens with one attached hydrogen (secondary N) is 1. The molecule has 0 aliphatic heterocycles. The maximum atomic E-state index is 10.3. The minimum Gasteiger partial charge on any atom is -0.875 e. The molecule has 0 fully saturated rings. The number of Topliss-reactive ketones (excluding diaryl/α,β-unsaturated/α-hetero) is 2. The van der Waals surface area contributed by atoms with Crippen molar-refractivity contribution in [1.29, 1.82) is 0 Å². The van der Waals surface area contributed by atoms with E-state index in [0.717, 1.165) is 19.6 Å². The monoisotopic (exact) mass is 468 g/mol. The minimum absolute atomic E-state index is 0. The zero-order valence-electron chi connectivity index (χ0n) is 16.9. The average Bonchev–Trinajstić information content (AvgIpc) is 2.54. The topological polar surface area (TPSA) is 107 Å². The molecule has 0 bridgehead atoms. The second kappa shape index (κ2) is 21.7. The molecule has 0 radical (unpaired) electrons.